The molecule has 0 radical (unpaired) electrons. The number of carbonyl (C=O) groups excluding carboxylic acids is 2. The van der Waals surface area contributed by atoms with E-state index in [-0.39, 0.29) is 17.5 Å². The number of hydrogen-bond acceptors (Lipinski definition) is 2. The molecule has 0 aliphatic carbocycles. The SMILES string of the molecule is CCC[C@@H](CC)C(=O)C(C)=O. The second-order valence-electron chi connectivity index (χ2n) is 2.81. The second kappa shape index (κ2) is 5.05. The third-order valence-corrected chi connectivity index (χ3v) is 1.85. The molecule has 0 saturated heterocycles. The quantitative estimate of drug-likeness (QED) is 0.570. The molecule has 0 amide bonds. The number of ketones is 2. The van der Waals surface area contributed by atoms with Crippen molar-refractivity contribution in [3.63, 3.8) is 0 Å². The van der Waals surface area contributed by atoms with Gasteiger partial charge in [-0.1, -0.05) is 20.3 Å². The van der Waals surface area contributed by atoms with Crippen molar-refractivity contribution in [1.29, 1.82) is 0 Å². The Morgan fingerprint density at radius 3 is 2.09 bits per heavy atom. The zero-order valence-corrected chi connectivity index (χ0v) is 7.52. The van der Waals surface area contributed by atoms with E-state index < -0.39 is 0 Å². The van der Waals surface area contributed by atoms with Crippen LogP contribution in [0.15, 0.2) is 0 Å². The van der Waals surface area contributed by atoms with E-state index in [1.807, 2.05) is 13.8 Å². The van der Waals surface area contributed by atoms with Gasteiger partial charge in [0.25, 0.3) is 0 Å². The monoisotopic (exact) mass is 156 g/mol. The average molecular weight is 156 g/mol. The van der Waals surface area contributed by atoms with E-state index in [4.69, 9.17) is 0 Å². The third kappa shape index (κ3) is 3.30. The molecular weight excluding hydrogens is 140 g/mol. The first-order valence-electron chi connectivity index (χ1n) is 4.18. The zero-order chi connectivity index (χ0) is 8.85. The Balaban J connectivity index is 4.02. The van der Waals surface area contributed by atoms with Crippen molar-refractivity contribution in [2.24, 2.45) is 5.92 Å². The Morgan fingerprint density at radius 1 is 1.27 bits per heavy atom. The van der Waals surface area contributed by atoms with Gasteiger partial charge < -0.3 is 0 Å². The van der Waals surface area contributed by atoms with Crippen LogP contribution >= 0.6 is 0 Å². The molecule has 0 heterocycles. The van der Waals surface area contributed by atoms with Gasteiger partial charge in [0.15, 0.2) is 5.78 Å². The summed E-state index contributed by atoms with van der Waals surface area (Å²) < 4.78 is 0. The lowest BCUT2D eigenvalue weighted by molar-refractivity contribution is -0.138. The molecule has 0 spiro atoms. The van der Waals surface area contributed by atoms with Gasteiger partial charge in [-0.15, -0.1) is 0 Å². The highest BCUT2D eigenvalue weighted by atomic mass is 16.2. The smallest absolute Gasteiger partial charge is 0.201 e. The molecule has 0 rings (SSSR count). The standard InChI is InChI=1S/C9H16O2/c1-4-6-8(5-2)9(11)7(3)10/h8H,4-6H2,1-3H3/t8-/m1/s1. The van der Waals surface area contributed by atoms with Crippen LogP contribution < -0.4 is 0 Å². The minimum Gasteiger partial charge on any atom is -0.291 e. The molecule has 0 aliphatic rings. The molecule has 0 aromatic rings. The fraction of sp³-hybridized carbons (Fsp3) is 0.778. The fourth-order valence-electron chi connectivity index (χ4n) is 1.16. The minimum atomic E-state index is -0.301. The lowest BCUT2D eigenvalue weighted by Crippen LogP contribution is -2.20. The van der Waals surface area contributed by atoms with Crippen molar-refractivity contribution >= 4 is 11.6 Å². The van der Waals surface area contributed by atoms with E-state index in [0.717, 1.165) is 19.3 Å². The van der Waals surface area contributed by atoms with E-state index in [0.29, 0.717) is 0 Å². The minimum absolute atomic E-state index is 0.0301. The molecule has 2 heteroatoms. The molecule has 11 heavy (non-hydrogen) atoms. The summed E-state index contributed by atoms with van der Waals surface area (Å²) >= 11 is 0. The van der Waals surface area contributed by atoms with Gasteiger partial charge in [-0.25, -0.2) is 0 Å². The van der Waals surface area contributed by atoms with Crippen LogP contribution in [0, 0.1) is 5.92 Å². The van der Waals surface area contributed by atoms with Gasteiger partial charge in [-0.2, -0.15) is 0 Å². The molecule has 0 saturated carbocycles. The Kier molecular flexibility index (Phi) is 4.75. The van der Waals surface area contributed by atoms with Gasteiger partial charge in [0.1, 0.15) is 0 Å². The summed E-state index contributed by atoms with van der Waals surface area (Å²) in [5, 5.41) is 0. The Morgan fingerprint density at radius 2 is 1.82 bits per heavy atom. The number of carbonyl (C=O) groups is 2. The fourth-order valence-corrected chi connectivity index (χ4v) is 1.16. The molecule has 0 aromatic carbocycles. The van der Waals surface area contributed by atoms with Crippen molar-refractivity contribution in [2.45, 2.75) is 40.0 Å². The Labute approximate surface area is 68.0 Å². The lowest BCUT2D eigenvalue weighted by Gasteiger charge is -2.08. The predicted molar refractivity (Wildman–Crippen MR) is 44.4 cm³/mol. The molecule has 0 aliphatic heterocycles. The van der Waals surface area contributed by atoms with Crippen molar-refractivity contribution in [3.05, 3.63) is 0 Å². The first-order valence-corrected chi connectivity index (χ1v) is 4.18. The average Bonchev–Trinajstić information content (AvgIpc) is 1.98. The molecule has 2 nitrogen and oxygen atoms in total. The molecular formula is C9H16O2. The summed E-state index contributed by atoms with van der Waals surface area (Å²) in [4.78, 5) is 21.8. The summed E-state index contributed by atoms with van der Waals surface area (Å²) in [6.07, 6.45) is 2.60. The van der Waals surface area contributed by atoms with Crippen LogP contribution in [0.2, 0.25) is 0 Å². The van der Waals surface area contributed by atoms with Crippen molar-refractivity contribution in [3.8, 4) is 0 Å². The van der Waals surface area contributed by atoms with Crippen LogP contribution in [0.4, 0.5) is 0 Å². The summed E-state index contributed by atoms with van der Waals surface area (Å²) in [5.41, 5.74) is 0. The van der Waals surface area contributed by atoms with Crippen molar-refractivity contribution in [2.75, 3.05) is 0 Å². The van der Waals surface area contributed by atoms with E-state index in [1.54, 1.807) is 0 Å². The largest absolute Gasteiger partial charge is 0.291 e. The van der Waals surface area contributed by atoms with Crippen LogP contribution in [0.3, 0.4) is 0 Å². The van der Waals surface area contributed by atoms with Gasteiger partial charge in [0.2, 0.25) is 5.78 Å². The molecule has 1 atom stereocenters. The van der Waals surface area contributed by atoms with E-state index in [2.05, 4.69) is 0 Å². The molecule has 0 fully saturated rings. The maximum Gasteiger partial charge on any atom is 0.201 e. The van der Waals surface area contributed by atoms with Crippen LogP contribution in [-0.2, 0) is 9.59 Å². The van der Waals surface area contributed by atoms with E-state index in [9.17, 15) is 9.59 Å². The predicted octanol–water partition coefficient (Wildman–Crippen LogP) is 1.97. The van der Waals surface area contributed by atoms with Crippen molar-refractivity contribution in [1.82, 2.24) is 0 Å². The summed E-state index contributed by atoms with van der Waals surface area (Å²) in [5.74, 6) is -0.530. The maximum atomic E-state index is 11.1. The highest BCUT2D eigenvalue weighted by Crippen LogP contribution is 2.11. The van der Waals surface area contributed by atoms with Crippen LogP contribution in [0.5, 0.6) is 0 Å². The summed E-state index contributed by atoms with van der Waals surface area (Å²) in [6.45, 7) is 5.32. The van der Waals surface area contributed by atoms with E-state index in [1.165, 1.54) is 6.92 Å². The number of Topliss-reactive ketones (excluding diaryl/α,β-unsaturated/α-hetero) is 2. The van der Waals surface area contributed by atoms with Gasteiger partial charge in [-0.05, 0) is 12.8 Å². The second-order valence-corrected chi connectivity index (χ2v) is 2.81. The maximum absolute atomic E-state index is 11.1. The summed E-state index contributed by atoms with van der Waals surface area (Å²) in [7, 11) is 0. The van der Waals surface area contributed by atoms with Crippen LogP contribution in [0.1, 0.15) is 40.0 Å². The van der Waals surface area contributed by atoms with Gasteiger partial charge >= 0.3 is 0 Å². The van der Waals surface area contributed by atoms with Crippen molar-refractivity contribution < 1.29 is 9.59 Å². The normalized spacial score (nSPS) is 12.6. The molecule has 64 valence electrons. The molecule has 0 aromatic heterocycles. The third-order valence-electron chi connectivity index (χ3n) is 1.85. The first kappa shape index (κ1) is 10.3. The van der Waals surface area contributed by atoms with Gasteiger partial charge in [-0.3, -0.25) is 9.59 Å². The number of hydrogen-bond donors (Lipinski definition) is 0. The molecule has 0 N–H and O–H groups in total. The lowest BCUT2D eigenvalue weighted by atomic mass is 9.94. The number of rotatable bonds is 5. The van der Waals surface area contributed by atoms with Gasteiger partial charge in [0.05, 0.1) is 0 Å². The highest BCUT2D eigenvalue weighted by molar-refractivity contribution is 6.36. The highest BCUT2D eigenvalue weighted by Gasteiger charge is 2.18. The van der Waals surface area contributed by atoms with Crippen LogP contribution in [-0.4, -0.2) is 11.6 Å². The first-order chi connectivity index (χ1) is 5.13. The molecule has 0 bridgehead atoms. The zero-order valence-electron chi connectivity index (χ0n) is 7.52. The topological polar surface area (TPSA) is 34.1 Å². The summed E-state index contributed by atoms with van der Waals surface area (Å²) in [6, 6.07) is 0. The molecule has 0 unspecified atom stereocenters. The Bertz CT molecular complexity index is 150. The van der Waals surface area contributed by atoms with Crippen LogP contribution in [0.25, 0.3) is 0 Å². The Hall–Kier alpha value is -0.660. The van der Waals surface area contributed by atoms with Gasteiger partial charge in [0, 0.05) is 12.8 Å². The van der Waals surface area contributed by atoms with E-state index >= 15 is 0 Å².